The number of hydrogen-bond acceptors (Lipinski definition) is 3. The van der Waals surface area contributed by atoms with Crippen LogP contribution in [0, 0.1) is 0 Å². The number of esters is 1. The molecule has 17 heavy (non-hydrogen) atoms. The summed E-state index contributed by atoms with van der Waals surface area (Å²) in [6.07, 6.45) is 2.61. The van der Waals surface area contributed by atoms with Crippen LogP contribution < -0.4 is 5.73 Å². The minimum Gasteiger partial charge on any atom is -0.469 e. The van der Waals surface area contributed by atoms with Crippen molar-refractivity contribution in [2.45, 2.75) is 33.1 Å². The average molecular weight is 237 g/mol. The largest absolute Gasteiger partial charge is 0.469 e. The number of benzene rings is 1. The normalized spacial score (nSPS) is 9.18. The van der Waals surface area contributed by atoms with Crippen molar-refractivity contribution in [1.29, 1.82) is 0 Å². The summed E-state index contributed by atoms with van der Waals surface area (Å²) in [7, 11) is 1.35. The van der Waals surface area contributed by atoms with E-state index in [9.17, 15) is 4.79 Å². The quantitative estimate of drug-likeness (QED) is 0.818. The molecule has 0 fully saturated rings. The van der Waals surface area contributed by atoms with Gasteiger partial charge in [-0.3, -0.25) is 4.79 Å². The second kappa shape index (κ2) is 9.85. The fourth-order valence-electron chi connectivity index (χ4n) is 1.29. The minimum absolute atomic E-state index is 0.248. The molecule has 0 saturated carbocycles. The fourth-order valence-corrected chi connectivity index (χ4v) is 1.29. The van der Waals surface area contributed by atoms with E-state index in [-0.39, 0.29) is 5.97 Å². The van der Waals surface area contributed by atoms with Gasteiger partial charge in [0.2, 0.25) is 0 Å². The number of nitrogens with two attached hydrogens (primary N) is 1. The fraction of sp³-hybridized carbons (Fsp3) is 0.500. The van der Waals surface area contributed by atoms with Crippen molar-refractivity contribution in [3.63, 3.8) is 0 Å². The first-order valence-electron chi connectivity index (χ1n) is 6.02. The lowest BCUT2D eigenvalue weighted by Gasteiger charge is -1.98. The highest BCUT2D eigenvalue weighted by molar-refractivity contribution is 5.69. The molecular weight excluding hydrogens is 214 g/mol. The Balaban J connectivity index is 0.000000325. The predicted molar refractivity (Wildman–Crippen MR) is 70.9 cm³/mol. The lowest BCUT2D eigenvalue weighted by molar-refractivity contribution is -0.140. The number of carbonyl (C=O) groups is 1. The summed E-state index contributed by atoms with van der Waals surface area (Å²) in [5.74, 6) is -0.248. The maximum absolute atomic E-state index is 10.1. The van der Waals surface area contributed by atoms with E-state index in [4.69, 9.17) is 5.73 Å². The first-order valence-corrected chi connectivity index (χ1v) is 6.02. The summed E-state index contributed by atoms with van der Waals surface area (Å²) in [4.78, 5) is 10.1. The van der Waals surface area contributed by atoms with E-state index in [1.807, 2.05) is 0 Å². The van der Waals surface area contributed by atoms with Crippen molar-refractivity contribution in [1.82, 2.24) is 0 Å². The van der Waals surface area contributed by atoms with Crippen molar-refractivity contribution in [2.75, 3.05) is 13.7 Å². The van der Waals surface area contributed by atoms with Gasteiger partial charge in [-0.05, 0) is 24.0 Å². The number of hydrogen-bond donors (Lipinski definition) is 1. The minimum atomic E-state index is -0.248. The van der Waals surface area contributed by atoms with Crippen molar-refractivity contribution in [2.24, 2.45) is 5.73 Å². The third-order valence-corrected chi connectivity index (χ3v) is 2.38. The Bertz CT molecular complexity index is 305. The molecule has 0 aromatic heterocycles. The Kier molecular flexibility index (Phi) is 9.06. The zero-order valence-electron chi connectivity index (χ0n) is 11.0. The van der Waals surface area contributed by atoms with Crippen LogP contribution in [0.5, 0.6) is 0 Å². The van der Waals surface area contributed by atoms with Crippen LogP contribution in [-0.4, -0.2) is 19.6 Å². The lowest BCUT2D eigenvalue weighted by Crippen LogP contribution is -2.08. The van der Waals surface area contributed by atoms with Gasteiger partial charge in [-0.15, -0.1) is 0 Å². The van der Waals surface area contributed by atoms with Gasteiger partial charge in [0.25, 0.3) is 0 Å². The molecule has 3 nitrogen and oxygen atoms in total. The van der Waals surface area contributed by atoms with Gasteiger partial charge in [0, 0.05) is 6.54 Å². The van der Waals surface area contributed by atoms with Crippen LogP contribution in [0.15, 0.2) is 24.3 Å². The standard InChI is InChI=1S/C10H14.C4H9NO2/c1-3-9-6-5-7-10(4-2)8-9;1-7-4(6)2-3-5/h5-8H,3-4H2,1-2H3;2-3,5H2,1H3. The number of rotatable bonds is 4. The molecule has 1 rings (SSSR count). The molecular formula is C14H23NO2. The van der Waals surface area contributed by atoms with Gasteiger partial charge in [-0.1, -0.05) is 38.1 Å². The summed E-state index contributed by atoms with van der Waals surface area (Å²) in [6.45, 7) is 4.75. The van der Waals surface area contributed by atoms with Crippen LogP contribution in [-0.2, 0) is 22.4 Å². The van der Waals surface area contributed by atoms with Gasteiger partial charge in [0.1, 0.15) is 0 Å². The summed E-state index contributed by atoms with van der Waals surface area (Å²) in [6, 6.07) is 8.77. The summed E-state index contributed by atoms with van der Waals surface area (Å²) < 4.78 is 4.27. The van der Waals surface area contributed by atoms with Gasteiger partial charge >= 0.3 is 5.97 Å². The van der Waals surface area contributed by atoms with Gasteiger partial charge in [0.15, 0.2) is 0 Å². The number of carbonyl (C=O) groups excluding carboxylic acids is 1. The Labute approximate surface area is 104 Å². The molecule has 1 aromatic rings. The van der Waals surface area contributed by atoms with Gasteiger partial charge < -0.3 is 10.5 Å². The van der Waals surface area contributed by atoms with E-state index in [0.717, 1.165) is 12.8 Å². The molecule has 96 valence electrons. The molecule has 0 spiro atoms. The molecule has 0 radical (unpaired) electrons. The molecule has 0 amide bonds. The molecule has 2 N–H and O–H groups in total. The maximum Gasteiger partial charge on any atom is 0.306 e. The number of methoxy groups -OCH3 is 1. The average Bonchev–Trinajstić information content (AvgIpc) is 2.39. The zero-order chi connectivity index (χ0) is 13.1. The van der Waals surface area contributed by atoms with E-state index in [0.29, 0.717) is 13.0 Å². The zero-order valence-corrected chi connectivity index (χ0v) is 11.0. The first-order chi connectivity index (χ1) is 8.17. The van der Waals surface area contributed by atoms with Crippen molar-refractivity contribution in [3.05, 3.63) is 35.4 Å². The van der Waals surface area contributed by atoms with Crippen LogP contribution >= 0.6 is 0 Å². The van der Waals surface area contributed by atoms with Crippen LogP contribution in [0.2, 0.25) is 0 Å². The van der Waals surface area contributed by atoms with Crippen LogP contribution in [0.25, 0.3) is 0 Å². The third kappa shape index (κ3) is 7.53. The maximum atomic E-state index is 10.1. The Hall–Kier alpha value is -1.35. The molecule has 0 heterocycles. The topological polar surface area (TPSA) is 52.3 Å². The monoisotopic (exact) mass is 237 g/mol. The Morgan fingerprint density at radius 1 is 1.24 bits per heavy atom. The highest BCUT2D eigenvalue weighted by Gasteiger charge is 1.93. The molecule has 1 aromatic carbocycles. The van der Waals surface area contributed by atoms with E-state index in [1.165, 1.54) is 18.2 Å². The van der Waals surface area contributed by atoms with Crippen LogP contribution in [0.1, 0.15) is 31.4 Å². The second-order valence-electron chi connectivity index (χ2n) is 3.64. The van der Waals surface area contributed by atoms with Gasteiger partial charge in [0.05, 0.1) is 13.5 Å². The smallest absolute Gasteiger partial charge is 0.306 e. The molecule has 0 aliphatic rings. The van der Waals surface area contributed by atoms with Crippen molar-refractivity contribution >= 4 is 5.97 Å². The van der Waals surface area contributed by atoms with Crippen molar-refractivity contribution in [3.8, 4) is 0 Å². The molecule has 0 atom stereocenters. The summed E-state index contributed by atoms with van der Waals surface area (Å²) in [5, 5.41) is 0. The van der Waals surface area contributed by atoms with Gasteiger partial charge in [-0.25, -0.2) is 0 Å². The lowest BCUT2D eigenvalue weighted by atomic mass is 10.1. The Morgan fingerprint density at radius 2 is 1.76 bits per heavy atom. The van der Waals surface area contributed by atoms with Crippen LogP contribution in [0.4, 0.5) is 0 Å². The second-order valence-corrected chi connectivity index (χ2v) is 3.64. The number of aryl methyl sites for hydroxylation is 2. The molecule has 0 unspecified atom stereocenters. The molecule has 0 bridgehead atoms. The highest BCUT2D eigenvalue weighted by atomic mass is 16.5. The van der Waals surface area contributed by atoms with E-state index in [2.05, 4.69) is 42.8 Å². The van der Waals surface area contributed by atoms with E-state index in [1.54, 1.807) is 0 Å². The molecule has 3 heteroatoms. The van der Waals surface area contributed by atoms with Gasteiger partial charge in [-0.2, -0.15) is 0 Å². The predicted octanol–water partition coefficient (Wildman–Crippen LogP) is 2.32. The highest BCUT2D eigenvalue weighted by Crippen LogP contribution is 2.05. The third-order valence-electron chi connectivity index (χ3n) is 2.38. The van der Waals surface area contributed by atoms with E-state index < -0.39 is 0 Å². The number of ether oxygens (including phenoxy) is 1. The molecule has 0 saturated heterocycles. The van der Waals surface area contributed by atoms with Crippen molar-refractivity contribution < 1.29 is 9.53 Å². The van der Waals surface area contributed by atoms with Crippen LogP contribution in [0.3, 0.4) is 0 Å². The summed E-state index contributed by atoms with van der Waals surface area (Å²) >= 11 is 0. The van der Waals surface area contributed by atoms with E-state index >= 15 is 0 Å². The SMILES string of the molecule is CCc1cccc(CC)c1.COC(=O)CCN. The summed E-state index contributed by atoms with van der Waals surface area (Å²) in [5.41, 5.74) is 7.89. The first kappa shape index (κ1) is 15.7. The molecule has 0 aliphatic heterocycles. The molecule has 0 aliphatic carbocycles. The Morgan fingerprint density at radius 3 is 2.06 bits per heavy atom.